The van der Waals surface area contributed by atoms with Crippen molar-refractivity contribution in [3.63, 3.8) is 0 Å². The summed E-state index contributed by atoms with van der Waals surface area (Å²) in [6.45, 7) is 6.51. The van der Waals surface area contributed by atoms with Crippen LogP contribution in [0.2, 0.25) is 0 Å². The normalized spacial score (nSPS) is 45.6. The summed E-state index contributed by atoms with van der Waals surface area (Å²) in [6, 6.07) is -1.15. The highest BCUT2D eigenvalue weighted by atomic mass is 16.7. The number of aliphatic carboxylic acids is 1. The summed E-state index contributed by atoms with van der Waals surface area (Å²) >= 11 is 0. The molecule has 3 aliphatic rings. The molecule has 2 fully saturated rings. The van der Waals surface area contributed by atoms with Gasteiger partial charge in [-0.15, -0.1) is 0 Å². The van der Waals surface area contributed by atoms with Crippen molar-refractivity contribution in [2.45, 2.75) is 202 Å². The molecule has 19 heteroatoms. The van der Waals surface area contributed by atoms with Gasteiger partial charge in [0.1, 0.15) is 18.1 Å². The molecule has 3 aliphatic heterocycles. The Labute approximate surface area is 387 Å². The van der Waals surface area contributed by atoms with E-state index in [1.165, 1.54) is 13.0 Å². The molecule has 3 rings (SSSR count). The van der Waals surface area contributed by atoms with Crippen molar-refractivity contribution in [2.75, 3.05) is 0 Å². The molecule has 0 saturated carbocycles. The summed E-state index contributed by atoms with van der Waals surface area (Å²) < 4.78 is 23.1. The van der Waals surface area contributed by atoms with Crippen LogP contribution < -0.4 is 5.73 Å². The Morgan fingerprint density at radius 2 is 1.30 bits per heavy atom. The van der Waals surface area contributed by atoms with Crippen LogP contribution in [0.15, 0.2) is 60.8 Å². The second-order valence-corrected chi connectivity index (χ2v) is 18.3. The van der Waals surface area contributed by atoms with Crippen LogP contribution in [-0.2, 0) is 28.5 Å². The third-order valence-electron chi connectivity index (χ3n) is 12.7. The van der Waals surface area contributed by atoms with E-state index in [1.54, 1.807) is 51.2 Å². The highest BCUT2D eigenvalue weighted by Gasteiger charge is 2.51. The van der Waals surface area contributed by atoms with Gasteiger partial charge in [-0.25, -0.2) is 0 Å². The summed E-state index contributed by atoms with van der Waals surface area (Å²) in [5, 5.41) is 129. The van der Waals surface area contributed by atoms with Gasteiger partial charge in [-0.3, -0.25) is 9.59 Å². The Kier molecular flexibility index (Phi) is 24.2. The van der Waals surface area contributed by atoms with E-state index in [9.17, 15) is 70.9 Å². The number of carbonyl (C=O) groups excluding carboxylic acids is 1. The number of carbonyl (C=O) groups is 2. The van der Waals surface area contributed by atoms with E-state index in [-0.39, 0.29) is 32.1 Å². The van der Waals surface area contributed by atoms with Gasteiger partial charge in [0, 0.05) is 31.1 Å². The van der Waals surface area contributed by atoms with Crippen LogP contribution in [0.4, 0.5) is 0 Å². The summed E-state index contributed by atoms with van der Waals surface area (Å²) in [5.74, 6) is -7.31. The maximum Gasteiger partial charge on any atom is 0.311 e. The van der Waals surface area contributed by atoms with Crippen molar-refractivity contribution in [2.24, 2.45) is 23.5 Å². The number of nitrogens with two attached hydrogens (primary N) is 1. The summed E-state index contributed by atoms with van der Waals surface area (Å²) in [5.41, 5.74) is 6.02. The molecule has 14 N–H and O–H groups in total. The van der Waals surface area contributed by atoms with Gasteiger partial charge in [0.25, 0.3) is 0 Å². The zero-order valence-corrected chi connectivity index (χ0v) is 38.4. The monoisotopic (exact) mass is 944 g/mol. The first-order valence-electron chi connectivity index (χ1n) is 23.0. The van der Waals surface area contributed by atoms with Crippen LogP contribution in [0.3, 0.4) is 0 Å². The molecule has 20 atom stereocenters. The molecular weight excluding hydrogens is 867 g/mol. The molecule has 0 aromatic heterocycles. The lowest BCUT2D eigenvalue weighted by atomic mass is 9.82. The van der Waals surface area contributed by atoms with E-state index in [1.807, 2.05) is 24.3 Å². The zero-order chi connectivity index (χ0) is 49.3. The van der Waals surface area contributed by atoms with Crippen molar-refractivity contribution in [1.29, 1.82) is 0 Å². The molecule has 2 saturated heterocycles. The minimum atomic E-state index is -2.36. The predicted molar refractivity (Wildman–Crippen MR) is 239 cm³/mol. The number of carboxylic acids is 1. The van der Waals surface area contributed by atoms with Crippen LogP contribution in [0.25, 0.3) is 0 Å². The smallest absolute Gasteiger partial charge is 0.311 e. The predicted octanol–water partition coefficient (Wildman–Crippen LogP) is 0.131. The van der Waals surface area contributed by atoms with E-state index in [2.05, 4.69) is 0 Å². The first-order valence-corrected chi connectivity index (χ1v) is 23.0. The van der Waals surface area contributed by atoms with Gasteiger partial charge in [0.15, 0.2) is 12.1 Å². The number of hydrogen-bond donors (Lipinski definition) is 13. The second-order valence-electron chi connectivity index (χ2n) is 18.3. The molecule has 1 unspecified atom stereocenters. The molecule has 0 aromatic carbocycles. The standard InChI is InChI=1S/C47H77NO18/c1-26-28(3)63-39(56)22-32(51)21-31(50)20-30(49)18-19-35(53)36(54)24-47(62)25-37(55)40(45(60)61)38(66-47)23-33(65-46-44(59)41(48)43(58)29(4)64-46)16-14-12-10-8-6-5-7-9-11-13-15-17-34(52)27(2)42(26)57/h5-8,10,12-16,26-38,40-44,46,49-55,57-59,62H,9,11,17-25,48H2,1-4H3,(H,60,61)/b7-5+,8-6+,12-10+,15-13+,16-14+/t26-,27-,28-,29+,30+,31+,32+,33-,34?,35-,36+,37-,38-,40+,41-,42-,43+,44-,46-,47+/m0/s1. The van der Waals surface area contributed by atoms with Crippen LogP contribution in [0.5, 0.6) is 0 Å². The maximum absolute atomic E-state index is 12.6. The number of fused-ring (bicyclic) bond motifs is 2. The molecule has 3 heterocycles. The van der Waals surface area contributed by atoms with Crippen molar-refractivity contribution < 1.29 is 89.8 Å². The fourth-order valence-corrected chi connectivity index (χ4v) is 8.38. The van der Waals surface area contributed by atoms with Crippen molar-refractivity contribution in [3.05, 3.63) is 60.8 Å². The van der Waals surface area contributed by atoms with Crippen molar-refractivity contribution >= 4 is 11.9 Å². The number of hydrogen-bond acceptors (Lipinski definition) is 18. The summed E-state index contributed by atoms with van der Waals surface area (Å²) in [4.78, 5) is 25.1. The van der Waals surface area contributed by atoms with Crippen LogP contribution in [-0.4, -0.2) is 177 Å². The fraction of sp³-hybridized carbons (Fsp3) is 0.745. The van der Waals surface area contributed by atoms with E-state index in [4.69, 9.17) is 24.7 Å². The highest BCUT2D eigenvalue weighted by Crippen LogP contribution is 2.38. The average molecular weight is 944 g/mol. The number of esters is 1. The van der Waals surface area contributed by atoms with Gasteiger partial charge in [0.2, 0.25) is 0 Å². The highest BCUT2D eigenvalue weighted by molar-refractivity contribution is 5.71. The van der Waals surface area contributed by atoms with Gasteiger partial charge >= 0.3 is 11.9 Å². The van der Waals surface area contributed by atoms with E-state index in [0.29, 0.717) is 19.3 Å². The topological polar surface area (TPSA) is 340 Å². The van der Waals surface area contributed by atoms with Crippen molar-refractivity contribution in [1.82, 2.24) is 0 Å². The van der Waals surface area contributed by atoms with E-state index < -0.39 is 153 Å². The average Bonchev–Trinajstić information content (AvgIpc) is 3.23. The minimum absolute atomic E-state index is 0.152. The molecular formula is C47H77NO18. The largest absolute Gasteiger partial charge is 0.481 e. The maximum atomic E-state index is 12.6. The number of aliphatic hydroxyl groups is 11. The Hall–Kier alpha value is -2.96. The number of allylic oxidation sites excluding steroid dienone is 8. The quantitative estimate of drug-likeness (QED) is 0.132. The zero-order valence-electron chi connectivity index (χ0n) is 38.4. The molecule has 0 spiro atoms. The summed E-state index contributed by atoms with van der Waals surface area (Å²) in [7, 11) is 0. The molecule has 0 amide bonds. The molecule has 0 radical (unpaired) electrons. The lowest BCUT2D eigenvalue weighted by molar-refractivity contribution is -0.310. The molecule has 378 valence electrons. The second kappa shape index (κ2) is 27.9. The minimum Gasteiger partial charge on any atom is -0.481 e. The first-order chi connectivity index (χ1) is 31.0. The van der Waals surface area contributed by atoms with Gasteiger partial charge < -0.3 is 86.0 Å². The number of rotatable bonds is 3. The Bertz CT molecular complexity index is 1610. The summed E-state index contributed by atoms with van der Waals surface area (Å²) in [6.07, 6.45) is -2.96. The lowest BCUT2D eigenvalue weighted by Crippen LogP contribution is -2.61. The van der Waals surface area contributed by atoms with Gasteiger partial charge in [-0.1, -0.05) is 74.6 Å². The fourth-order valence-electron chi connectivity index (χ4n) is 8.38. The molecule has 2 bridgehead atoms. The lowest BCUT2D eigenvalue weighted by Gasteiger charge is -2.45. The Morgan fingerprint density at radius 3 is 1.98 bits per heavy atom. The van der Waals surface area contributed by atoms with Crippen LogP contribution in [0, 0.1) is 17.8 Å². The third-order valence-corrected chi connectivity index (χ3v) is 12.7. The molecule has 19 nitrogen and oxygen atoms in total. The number of cyclic esters (lactones) is 1. The Morgan fingerprint density at radius 1 is 0.682 bits per heavy atom. The molecule has 0 aromatic rings. The van der Waals surface area contributed by atoms with Crippen molar-refractivity contribution in [3.8, 4) is 0 Å². The SMILES string of the molecule is C[C@@H]1[C@H](O)[C@@H](C)C(O)C/C=C/CC/C=C/C=C/C=C/C=C/[C@H](O[C@@H]2O[C@H](C)[C@@H](O)[C@H](N)[C@@H]2O)C[C@@H]2O[C@](O)(C[C@@H](O)[C@@H](O)CC[C@@H](O)C[C@@H](O)C[C@@H](O)CC(=O)O[C@H]1C)C[C@H](O)[C@H]2C(=O)O. The van der Waals surface area contributed by atoms with E-state index in [0.717, 1.165) is 0 Å². The Balaban J connectivity index is 1.84. The van der Waals surface area contributed by atoms with Gasteiger partial charge in [-0.2, -0.15) is 0 Å². The number of carboxylic acid groups (broad SMARTS) is 1. The van der Waals surface area contributed by atoms with Crippen LogP contribution in [0.1, 0.15) is 98.3 Å². The number of aliphatic hydroxyl groups excluding tert-OH is 10. The van der Waals surface area contributed by atoms with Gasteiger partial charge in [-0.05, 0) is 58.8 Å². The molecule has 0 aliphatic carbocycles. The first kappa shape index (κ1) is 57.4. The number of ether oxygens (including phenoxy) is 4. The van der Waals surface area contributed by atoms with Crippen LogP contribution >= 0.6 is 0 Å². The third kappa shape index (κ3) is 18.5. The van der Waals surface area contributed by atoms with Gasteiger partial charge in [0.05, 0.1) is 85.7 Å². The van der Waals surface area contributed by atoms with E-state index >= 15 is 0 Å². The molecule has 66 heavy (non-hydrogen) atoms.